The number of hydrogen-bond acceptors (Lipinski definition) is 8. The van der Waals surface area contributed by atoms with Crippen molar-refractivity contribution in [1.82, 2.24) is 10.0 Å². The largest absolute Gasteiger partial charge is 0.504 e. The molecule has 43 heavy (non-hydrogen) atoms. The molecular weight excluding hydrogens is 574 g/mol. The van der Waals surface area contributed by atoms with Gasteiger partial charge in [0.05, 0.1) is 23.1 Å². The number of diazo groups is 1. The molecule has 0 saturated heterocycles. The van der Waals surface area contributed by atoms with E-state index in [0.717, 1.165) is 5.39 Å². The fraction of sp³-hybridized carbons (Fsp3) is 0.300. The van der Waals surface area contributed by atoms with E-state index in [1.165, 1.54) is 6.07 Å². The third-order valence-electron chi connectivity index (χ3n) is 7.13. The average Bonchev–Trinajstić information content (AvgIpc) is 3.40. The van der Waals surface area contributed by atoms with E-state index >= 15 is 0 Å². The van der Waals surface area contributed by atoms with Gasteiger partial charge in [-0.3, -0.25) is 9.59 Å². The summed E-state index contributed by atoms with van der Waals surface area (Å²) >= 11 is 0. The molecular formula is C30H32N5O7S+. The predicted octanol–water partition coefficient (Wildman–Crippen LogP) is 4.11. The number of aliphatic hydroxyl groups excluding tert-OH is 1. The first-order valence-electron chi connectivity index (χ1n) is 13.5. The van der Waals surface area contributed by atoms with Crippen molar-refractivity contribution in [3.8, 4) is 0 Å². The SMILES string of the molecule is CC(C)[C@H](NS(=O)(=O)c1cccc2ccccc12)C1=NOC(Cc2ccccc2)(C(=O)N[C@@H](CC(=O)O)/C(O)=C/[N+]#N)C1. The van der Waals surface area contributed by atoms with E-state index in [2.05, 4.69) is 20.2 Å². The summed E-state index contributed by atoms with van der Waals surface area (Å²) in [7, 11) is -4.06. The van der Waals surface area contributed by atoms with Crippen LogP contribution in [0.1, 0.15) is 32.3 Å². The zero-order valence-electron chi connectivity index (χ0n) is 23.5. The van der Waals surface area contributed by atoms with Crippen LogP contribution in [0.3, 0.4) is 0 Å². The summed E-state index contributed by atoms with van der Waals surface area (Å²) in [5, 5.41) is 36.3. The first-order chi connectivity index (χ1) is 20.5. The lowest BCUT2D eigenvalue weighted by Crippen LogP contribution is -2.54. The molecule has 1 aliphatic heterocycles. The lowest BCUT2D eigenvalue weighted by molar-refractivity contribution is -0.145. The Bertz CT molecular complexity index is 1710. The molecule has 3 aromatic carbocycles. The van der Waals surface area contributed by atoms with Crippen LogP contribution in [0.4, 0.5) is 0 Å². The molecule has 4 rings (SSSR count). The highest BCUT2D eigenvalue weighted by atomic mass is 32.2. The van der Waals surface area contributed by atoms with E-state index in [4.69, 9.17) is 10.2 Å². The monoisotopic (exact) mass is 606 g/mol. The van der Waals surface area contributed by atoms with Crippen LogP contribution in [0.15, 0.2) is 94.8 Å². The number of rotatable bonds is 12. The lowest BCUT2D eigenvalue weighted by atomic mass is 9.85. The Labute approximate surface area is 248 Å². The van der Waals surface area contributed by atoms with Gasteiger partial charge < -0.3 is 20.4 Å². The number of carbonyl (C=O) groups excluding carboxylic acids is 1. The van der Waals surface area contributed by atoms with Crippen molar-refractivity contribution >= 4 is 38.4 Å². The van der Waals surface area contributed by atoms with Crippen LogP contribution in [0, 0.1) is 11.3 Å². The van der Waals surface area contributed by atoms with Crippen LogP contribution in [-0.2, 0) is 30.9 Å². The predicted molar refractivity (Wildman–Crippen MR) is 159 cm³/mol. The molecule has 0 saturated carbocycles. The maximum Gasteiger partial charge on any atom is 0.389 e. The number of oxime groups is 1. The maximum absolute atomic E-state index is 13.8. The highest BCUT2D eigenvalue weighted by Gasteiger charge is 2.50. The third kappa shape index (κ3) is 7.17. The summed E-state index contributed by atoms with van der Waals surface area (Å²) in [6.07, 6.45) is -0.226. The maximum atomic E-state index is 13.8. The number of aliphatic hydroxyl groups is 1. The molecule has 12 nitrogen and oxygen atoms in total. The minimum atomic E-state index is -4.06. The van der Waals surface area contributed by atoms with Gasteiger partial charge >= 0.3 is 12.2 Å². The van der Waals surface area contributed by atoms with Crippen molar-refractivity contribution in [3.05, 3.63) is 95.3 Å². The van der Waals surface area contributed by atoms with Gasteiger partial charge in [0.25, 0.3) is 5.91 Å². The van der Waals surface area contributed by atoms with Crippen LogP contribution in [0.25, 0.3) is 15.7 Å². The number of amides is 1. The van der Waals surface area contributed by atoms with E-state index in [1.807, 2.05) is 18.2 Å². The zero-order valence-corrected chi connectivity index (χ0v) is 24.4. The summed E-state index contributed by atoms with van der Waals surface area (Å²) in [5.74, 6) is -3.11. The summed E-state index contributed by atoms with van der Waals surface area (Å²) in [5.41, 5.74) is -0.738. The molecule has 224 valence electrons. The van der Waals surface area contributed by atoms with Crippen molar-refractivity contribution in [1.29, 1.82) is 5.39 Å². The molecule has 0 radical (unpaired) electrons. The quantitative estimate of drug-likeness (QED) is 0.175. The van der Waals surface area contributed by atoms with Gasteiger partial charge in [-0.25, -0.2) is 13.1 Å². The van der Waals surface area contributed by atoms with Crippen molar-refractivity contribution in [2.45, 2.75) is 55.7 Å². The van der Waals surface area contributed by atoms with E-state index in [-0.39, 0.29) is 29.4 Å². The van der Waals surface area contributed by atoms with Crippen LogP contribution in [-0.4, -0.2) is 53.9 Å². The standard InChI is InChI=1S/C30H31N5O7S/c1-19(2)28(35-43(40,41)26-14-8-12-21-11-6-7-13-22(21)26)24-17-30(42-34-24,16-20-9-4-3-5-10-20)29(39)33-23(15-27(37)38)25(36)18-32-31/h3-14,18-19,23,28,35H,15-17H2,1-2H3,(H2-,33,36,37,38,39)/p+1/b25-18-/t23-,28-,30?/m0/s1. The van der Waals surface area contributed by atoms with E-state index in [0.29, 0.717) is 17.1 Å². The number of benzene rings is 3. The molecule has 0 bridgehead atoms. The van der Waals surface area contributed by atoms with Crippen LogP contribution in [0.2, 0.25) is 0 Å². The van der Waals surface area contributed by atoms with Gasteiger partial charge in [0, 0.05) is 18.2 Å². The van der Waals surface area contributed by atoms with Crippen molar-refractivity contribution in [2.75, 3.05) is 0 Å². The minimum Gasteiger partial charge on any atom is -0.504 e. The molecule has 4 N–H and O–H groups in total. The van der Waals surface area contributed by atoms with Gasteiger partial charge in [-0.2, -0.15) is 0 Å². The van der Waals surface area contributed by atoms with Gasteiger partial charge in [-0.15, -0.1) is 0 Å². The van der Waals surface area contributed by atoms with E-state index in [9.17, 15) is 28.2 Å². The molecule has 0 fully saturated rings. The second-order valence-electron chi connectivity index (χ2n) is 10.6. The zero-order chi connectivity index (χ0) is 31.2. The van der Waals surface area contributed by atoms with Crippen LogP contribution >= 0.6 is 0 Å². The van der Waals surface area contributed by atoms with Gasteiger partial charge in [0.2, 0.25) is 26.8 Å². The Morgan fingerprint density at radius 1 is 1.07 bits per heavy atom. The topological polar surface area (TPSA) is 183 Å². The lowest BCUT2D eigenvalue weighted by Gasteiger charge is -2.28. The molecule has 3 aromatic rings. The highest BCUT2D eigenvalue weighted by molar-refractivity contribution is 7.89. The Kier molecular flexibility index (Phi) is 9.43. The van der Waals surface area contributed by atoms with Gasteiger partial charge in [-0.05, 0) is 22.9 Å². The first-order valence-corrected chi connectivity index (χ1v) is 15.0. The molecule has 0 aliphatic carbocycles. The van der Waals surface area contributed by atoms with Crippen LogP contribution in [0.5, 0.6) is 0 Å². The van der Waals surface area contributed by atoms with Gasteiger partial charge in [0.15, 0.2) is 4.98 Å². The first kappa shape index (κ1) is 31.1. The summed E-state index contributed by atoms with van der Waals surface area (Å²) in [4.78, 5) is 33.8. The number of carboxylic acid groups (broad SMARTS) is 1. The Hall–Kier alpha value is -4.80. The number of hydrogen-bond donors (Lipinski definition) is 4. The Morgan fingerprint density at radius 3 is 2.42 bits per heavy atom. The van der Waals surface area contributed by atoms with Crippen molar-refractivity contribution in [3.63, 3.8) is 0 Å². The van der Waals surface area contributed by atoms with Crippen molar-refractivity contribution in [2.24, 2.45) is 11.1 Å². The molecule has 1 unspecified atom stereocenters. The van der Waals surface area contributed by atoms with Crippen molar-refractivity contribution < 1.29 is 33.1 Å². The fourth-order valence-corrected chi connectivity index (χ4v) is 6.59. The number of aliphatic carboxylic acids is 1. The number of nitrogens with zero attached hydrogens (tertiary/aromatic N) is 3. The van der Waals surface area contributed by atoms with Gasteiger partial charge in [-0.1, -0.05) is 85.7 Å². The molecule has 0 aromatic heterocycles. The number of sulfonamides is 1. The Morgan fingerprint density at radius 2 is 1.74 bits per heavy atom. The number of fused-ring (bicyclic) bond motifs is 1. The fourth-order valence-electron chi connectivity index (χ4n) is 4.98. The average molecular weight is 607 g/mol. The van der Waals surface area contributed by atoms with Crippen LogP contribution < -0.4 is 10.0 Å². The van der Waals surface area contributed by atoms with Gasteiger partial charge in [0.1, 0.15) is 6.04 Å². The minimum absolute atomic E-state index is 0.00219. The highest BCUT2D eigenvalue weighted by Crippen LogP contribution is 2.32. The molecule has 1 heterocycles. The summed E-state index contributed by atoms with van der Waals surface area (Å²) in [6, 6.07) is 18.7. The number of carboxylic acids is 1. The molecule has 3 atom stereocenters. The Balaban J connectivity index is 1.66. The summed E-state index contributed by atoms with van der Waals surface area (Å²) < 4.78 is 30.1. The number of carbonyl (C=O) groups is 2. The molecule has 13 heteroatoms. The second kappa shape index (κ2) is 13.0. The molecule has 1 amide bonds. The number of nitrogens with one attached hydrogen (secondary N) is 2. The van der Waals surface area contributed by atoms with E-state index < -0.39 is 51.8 Å². The third-order valence-corrected chi connectivity index (χ3v) is 8.63. The smallest absolute Gasteiger partial charge is 0.389 e. The second-order valence-corrected chi connectivity index (χ2v) is 12.3. The molecule has 1 aliphatic rings. The normalized spacial score (nSPS) is 18.4. The summed E-state index contributed by atoms with van der Waals surface area (Å²) in [6.45, 7) is 3.61. The molecule has 0 spiro atoms. The van der Waals surface area contributed by atoms with E-state index in [1.54, 1.807) is 62.4 Å².